The Morgan fingerprint density at radius 2 is 2.00 bits per heavy atom. The van der Waals surface area contributed by atoms with Crippen LogP contribution in [0.4, 0.5) is 0 Å². The van der Waals surface area contributed by atoms with E-state index in [1.165, 1.54) is 5.56 Å². The Bertz CT molecular complexity index is 1030. The molecule has 2 fully saturated rings. The van der Waals surface area contributed by atoms with Crippen LogP contribution in [0.2, 0.25) is 5.02 Å². The summed E-state index contributed by atoms with van der Waals surface area (Å²) in [5.74, 6) is 0.613. The number of aliphatic hydroxyl groups excluding tert-OH is 2. The topological polar surface area (TPSA) is 87.6 Å². The highest BCUT2D eigenvalue weighted by Crippen LogP contribution is 2.48. The number of ether oxygens (including phenoxy) is 2. The summed E-state index contributed by atoms with van der Waals surface area (Å²) in [6, 6.07) is 11.9. The molecule has 2 aliphatic rings. The van der Waals surface area contributed by atoms with Crippen LogP contribution in [0, 0.1) is 0 Å². The van der Waals surface area contributed by atoms with Gasteiger partial charge in [-0.1, -0.05) is 35.9 Å². The molecule has 1 saturated heterocycles. The highest BCUT2D eigenvalue weighted by Gasteiger charge is 2.43. The third kappa shape index (κ3) is 3.51. The fraction of sp³-hybridized carbons (Fsp3) is 0.409. The van der Waals surface area contributed by atoms with Crippen LogP contribution in [0.25, 0.3) is 22.3 Å². The number of hydrogen-bond acceptors (Lipinski definition) is 5. The van der Waals surface area contributed by atoms with E-state index >= 15 is 0 Å². The first kappa shape index (κ1) is 18.9. The molecule has 1 saturated carbocycles. The van der Waals surface area contributed by atoms with Crippen LogP contribution < -0.4 is 4.74 Å². The Labute approximate surface area is 173 Å². The number of nitrogens with one attached hydrogen (secondary N) is 1. The molecule has 1 unspecified atom stereocenters. The number of pyridine rings is 1. The molecule has 1 aromatic carbocycles. The van der Waals surface area contributed by atoms with Crippen molar-refractivity contribution in [2.24, 2.45) is 0 Å². The van der Waals surface area contributed by atoms with Crippen molar-refractivity contribution in [1.82, 2.24) is 9.97 Å². The number of aromatic nitrogens is 2. The third-order valence-corrected chi connectivity index (χ3v) is 6.29. The molecule has 3 N–H and O–H groups in total. The van der Waals surface area contributed by atoms with E-state index in [1.807, 2.05) is 24.3 Å². The van der Waals surface area contributed by atoms with Crippen LogP contribution in [-0.2, 0) is 10.2 Å². The van der Waals surface area contributed by atoms with Crippen LogP contribution in [0.1, 0.15) is 24.8 Å². The number of nitrogens with zero attached hydrogens (tertiary/aromatic N) is 1. The van der Waals surface area contributed by atoms with Gasteiger partial charge in [0.2, 0.25) is 0 Å². The fourth-order valence-corrected chi connectivity index (χ4v) is 4.26. The van der Waals surface area contributed by atoms with Crippen molar-refractivity contribution in [1.29, 1.82) is 0 Å². The lowest BCUT2D eigenvalue weighted by atomic mass is 9.95. The fourth-order valence-electron chi connectivity index (χ4n) is 4.00. The van der Waals surface area contributed by atoms with Gasteiger partial charge in [0.25, 0.3) is 0 Å². The highest BCUT2D eigenvalue weighted by atomic mass is 35.5. The number of aliphatic hydroxyl groups is 2. The SMILES string of the molecule is OCC1C[C@H](Oc2cc3nc(-c4ccc(C5(CO)CC5)cc4)c(Cl)cc3[nH]2)CO1. The van der Waals surface area contributed by atoms with Crippen molar-refractivity contribution in [3.63, 3.8) is 0 Å². The summed E-state index contributed by atoms with van der Waals surface area (Å²) in [6.07, 6.45) is 2.47. The number of H-pyrrole nitrogens is 1. The Morgan fingerprint density at radius 3 is 2.66 bits per heavy atom. The second-order valence-electron chi connectivity index (χ2n) is 8.01. The lowest BCUT2D eigenvalue weighted by Crippen LogP contribution is -2.17. The van der Waals surface area contributed by atoms with E-state index < -0.39 is 0 Å². The van der Waals surface area contributed by atoms with Gasteiger partial charge >= 0.3 is 0 Å². The zero-order chi connectivity index (χ0) is 20.0. The normalized spacial score (nSPS) is 22.9. The molecule has 0 spiro atoms. The summed E-state index contributed by atoms with van der Waals surface area (Å²) in [7, 11) is 0. The van der Waals surface area contributed by atoms with Crippen LogP contribution in [0.5, 0.6) is 5.88 Å². The Kier molecular flexibility index (Phi) is 4.75. The van der Waals surface area contributed by atoms with Crippen LogP contribution in [-0.4, -0.2) is 52.2 Å². The first-order valence-electron chi connectivity index (χ1n) is 9.90. The van der Waals surface area contributed by atoms with Crippen molar-refractivity contribution < 1.29 is 19.7 Å². The number of aromatic amines is 1. The van der Waals surface area contributed by atoms with E-state index in [-0.39, 0.29) is 30.8 Å². The molecule has 5 rings (SSSR count). The minimum Gasteiger partial charge on any atom is -0.473 e. The lowest BCUT2D eigenvalue weighted by Gasteiger charge is -2.13. The number of fused-ring (bicyclic) bond motifs is 1. The summed E-state index contributed by atoms with van der Waals surface area (Å²) in [6.45, 7) is 0.654. The van der Waals surface area contributed by atoms with E-state index in [4.69, 9.17) is 26.1 Å². The zero-order valence-electron chi connectivity index (χ0n) is 15.9. The van der Waals surface area contributed by atoms with Gasteiger partial charge in [-0.25, -0.2) is 4.98 Å². The summed E-state index contributed by atoms with van der Waals surface area (Å²) in [5, 5.41) is 19.4. The molecule has 29 heavy (non-hydrogen) atoms. The maximum absolute atomic E-state index is 9.62. The van der Waals surface area contributed by atoms with E-state index in [0.717, 1.165) is 35.1 Å². The maximum Gasteiger partial charge on any atom is 0.193 e. The standard InChI is InChI=1S/C22H23ClN2O4/c23-17-8-18-19(9-20(24-18)29-16-7-15(10-26)28-11-16)25-21(17)13-1-3-14(4-2-13)22(12-27)5-6-22/h1-4,8-9,15-16,24,26-27H,5-7,10-12H2/t15?,16-/m0/s1. The molecule has 2 atom stereocenters. The molecule has 0 radical (unpaired) electrons. The molecule has 3 aromatic rings. The van der Waals surface area contributed by atoms with Crippen molar-refractivity contribution in [3.8, 4) is 17.1 Å². The monoisotopic (exact) mass is 414 g/mol. The number of benzene rings is 1. The molecule has 1 aliphatic heterocycles. The quantitative estimate of drug-likeness (QED) is 0.575. The van der Waals surface area contributed by atoms with Gasteiger partial charge in [-0.05, 0) is 24.5 Å². The second kappa shape index (κ2) is 7.29. The van der Waals surface area contributed by atoms with Gasteiger partial charge in [0.1, 0.15) is 6.10 Å². The van der Waals surface area contributed by atoms with Crippen LogP contribution >= 0.6 is 11.6 Å². The number of hydrogen-bond donors (Lipinski definition) is 3. The predicted octanol–water partition coefficient (Wildman–Crippen LogP) is 3.44. The van der Waals surface area contributed by atoms with Gasteiger partial charge < -0.3 is 24.7 Å². The van der Waals surface area contributed by atoms with E-state index in [9.17, 15) is 10.2 Å². The van der Waals surface area contributed by atoms with Gasteiger partial charge in [-0.15, -0.1) is 0 Å². The average molecular weight is 415 g/mol. The summed E-state index contributed by atoms with van der Waals surface area (Å²) in [4.78, 5) is 7.94. The lowest BCUT2D eigenvalue weighted by molar-refractivity contribution is 0.0531. The van der Waals surface area contributed by atoms with Crippen LogP contribution in [0.15, 0.2) is 36.4 Å². The molecule has 1 aliphatic carbocycles. The minimum atomic E-state index is -0.160. The van der Waals surface area contributed by atoms with Crippen molar-refractivity contribution in [3.05, 3.63) is 47.0 Å². The minimum absolute atomic E-state index is 0.00526. The smallest absolute Gasteiger partial charge is 0.193 e. The van der Waals surface area contributed by atoms with E-state index in [2.05, 4.69) is 17.1 Å². The number of halogens is 1. The van der Waals surface area contributed by atoms with Crippen molar-refractivity contribution in [2.75, 3.05) is 19.8 Å². The van der Waals surface area contributed by atoms with Gasteiger partial charge in [0.15, 0.2) is 5.88 Å². The van der Waals surface area contributed by atoms with E-state index in [1.54, 1.807) is 0 Å². The molecule has 0 amide bonds. The molecule has 0 bridgehead atoms. The zero-order valence-corrected chi connectivity index (χ0v) is 16.7. The molecule has 6 nitrogen and oxygen atoms in total. The van der Waals surface area contributed by atoms with Gasteiger partial charge in [-0.2, -0.15) is 0 Å². The third-order valence-electron chi connectivity index (χ3n) is 6.00. The van der Waals surface area contributed by atoms with E-state index in [0.29, 0.717) is 23.9 Å². The maximum atomic E-state index is 9.62. The summed E-state index contributed by atoms with van der Waals surface area (Å²) < 4.78 is 11.4. The van der Waals surface area contributed by atoms with Crippen molar-refractivity contribution in [2.45, 2.75) is 36.9 Å². The summed E-state index contributed by atoms with van der Waals surface area (Å²) in [5.41, 5.74) is 4.35. The van der Waals surface area contributed by atoms with Gasteiger partial charge in [0.05, 0.1) is 47.7 Å². The first-order chi connectivity index (χ1) is 14.1. The largest absolute Gasteiger partial charge is 0.473 e. The molecular formula is C22H23ClN2O4. The number of rotatable bonds is 6. The highest BCUT2D eigenvalue weighted by molar-refractivity contribution is 6.33. The Balaban J connectivity index is 1.39. The van der Waals surface area contributed by atoms with Gasteiger partial charge in [0, 0.05) is 23.5 Å². The molecular weight excluding hydrogens is 392 g/mol. The van der Waals surface area contributed by atoms with Crippen LogP contribution in [0.3, 0.4) is 0 Å². The Morgan fingerprint density at radius 1 is 1.21 bits per heavy atom. The average Bonchev–Trinajstić information content (AvgIpc) is 3.25. The molecule has 7 heteroatoms. The Hall–Kier alpha value is -2.12. The van der Waals surface area contributed by atoms with Crippen molar-refractivity contribution >= 4 is 22.6 Å². The van der Waals surface area contributed by atoms with Gasteiger partial charge in [-0.3, -0.25) is 0 Å². The summed E-state index contributed by atoms with van der Waals surface area (Å²) >= 11 is 6.51. The first-order valence-corrected chi connectivity index (χ1v) is 10.3. The predicted molar refractivity (Wildman–Crippen MR) is 110 cm³/mol. The molecule has 2 aromatic heterocycles. The molecule has 152 valence electrons. The second-order valence-corrected chi connectivity index (χ2v) is 8.42. The molecule has 3 heterocycles.